The Labute approximate surface area is 119 Å². The Hall–Kier alpha value is -1.49. The minimum Gasteiger partial charge on any atom is -0.394 e. The van der Waals surface area contributed by atoms with Crippen LogP contribution in [0.5, 0.6) is 0 Å². The number of aliphatic hydroxyl groups is 1. The molecule has 20 heavy (non-hydrogen) atoms. The van der Waals surface area contributed by atoms with Crippen molar-refractivity contribution in [3.05, 3.63) is 41.6 Å². The van der Waals surface area contributed by atoms with Crippen molar-refractivity contribution in [2.45, 2.75) is 19.6 Å². The summed E-state index contributed by atoms with van der Waals surface area (Å²) in [5.41, 5.74) is 3.40. The topological polar surface area (TPSA) is 45.6 Å². The number of ether oxygens (including phenoxy) is 1. The molecule has 0 amide bonds. The minimum atomic E-state index is -0.0575. The fourth-order valence-electron chi connectivity index (χ4n) is 2.80. The molecule has 1 aromatic heterocycles. The second-order valence-electron chi connectivity index (χ2n) is 5.35. The van der Waals surface area contributed by atoms with Crippen LogP contribution in [0.3, 0.4) is 0 Å². The molecule has 1 aliphatic heterocycles. The lowest BCUT2D eigenvalue weighted by atomic mass is 10.1. The number of rotatable bonds is 3. The Morgan fingerprint density at radius 2 is 2.25 bits per heavy atom. The zero-order valence-corrected chi connectivity index (χ0v) is 11.7. The number of hydrogen-bond donors (Lipinski definition) is 1. The van der Waals surface area contributed by atoms with Crippen LogP contribution in [0.15, 0.2) is 30.3 Å². The van der Waals surface area contributed by atoms with Crippen molar-refractivity contribution in [3.63, 3.8) is 0 Å². The molecule has 2 heterocycles. The Morgan fingerprint density at radius 1 is 1.40 bits per heavy atom. The lowest BCUT2D eigenvalue weighted by molar-refractivity contribution is -0.0550. The maximum atomic E-state index is 9.23. The Morgan fingerprint density at radius 3 is 3.10 bits per heavy atom. The normalized spacial score (nSPS) is 20.4. The van der Waals surface area contributed by atoms with Crippen LogP contribution >= 0.6 is 0 Å². The molecule has 4 heteroatoms. The van der Waals surface area contributed by atoms with Crippen molar-refractivity contribution in [1.82, 2.24) is 9.88 Å². The molecule has 0 radical (unpaired) electrons. The van der Waals surface area contributed by atoms with Gasteiger partial charge in [-0.2, -0.15) is 0 Å². The molecule has 0 bridgehead atoms. The van der Waals surface area contributed by atoms with Gasteiger partial charge in [-0.15, -0.1) is 0 Å². The maximum absolute atomic E-state index is 9.23. The van der Waals surface area contributed by atoms with Crippen molar-refractivity contribution in [2.24, 2.45) is 0 Å². The Kier molecular flexibility index (Phi) is 3.96. The molecule has 0 aliphatic carbocycles. The number of nitrogens with zero attached hydrogens (tertiary/aromatic N) is 2. The molecule has 1 atom stereocenters. The van der Waals surface area contributed by atoms with E-state index in [2.05, 4.69) is 34.1 Å². The average Bonchev–Trinajstić information content (AvgIpc) is 2.47. The minimum absolute atomic E-state index is 0.0575. The predicted octanol–water partition coefficient (Wildman–Crippen LogP) is 1.74. The van der Waals surface area contributed by atoms with Gasteiger partial charge in [0.2, 0.25) is 0 Å². The zero-order valence-electron chi connectivity index (χ0n) is 11.7. The first kappa shape index (κ1) is 13.5. The third-order valence-electron chi connectivity index (χ3n) is 3.75. The standard InChI is InChI=1S/C16H20N2O2/c1-12-8-13(15-4-2-3-5-16(15)17-12)9-18-6-7-20-14(10-18)11-19/h2-5,8,14,19H,6-7,9-11H2,1H3. The highest BCUT2D eigenvalue weighted by Gasteiger charge is 2.20. The quantitative estimate of drug-likeness (QED) is 0.924. The van der Waals surface area contributed by atoms with Gasteiger partial charge in [-0.05, 0) is 24.6 Å². The van der Waals surface area contributed by atoms with E-state index in [1.54, 1.807) is 0 Å². The number of hydrogen-bond acceptors (Lipinski definition) is 4. The SMILES string of the molecule is Cc1cc(CN2CCOC(CO)C2)c2ccccc2n1. The summed E-state index contributed by atoms with van der Waals surface area (Å²) in [6, 6.07) is 10.4. The molecule has 3 rings (SSSR count). The molecule has 0 spiro atoms. The molecule has 1 N–H and O–H groups in total. The molecule has 106 valence electrons. The first-order valence-electron chi connectivity index (χ1n) is 7.06. The van der Waals surface area contributed by atoms with E-state index in [1.807, 2.05) is 13.0 Å². The van der Waals surface area contributed by atoms with Crippen LogP contribution in [-0.4, -0.2) is 47.4 Å². The highest BCUT2D eigenvalue weighted by Crippen LogP contribution is 2.20. The molecule has 0 saturated carbocycles. The van der Waals surface area contributed by atoms with E-state index in [1.165, 1.54) is 10.9 Å². The summed E-state index contributed by atoms with van der Waals surface area (Å²) in [6.07, 6.45) is -0.0575. The summed E-state index contributed by atoms with van der Waals surface area (Å²) >= 11 is 0. The van der Waals surface area contributed by atoms with Crippen LogP contribution in [0, 0.1) is 6.92 Å². The second-order valence-corrected chi connectivity index (χ2v) is 5.35. The van der Waals surface area contributed by atoms with E-state index >= 15 is 0 Å². The molecule has 4 nitrogen and oxygen atoms in total. The summed E-state index contributed by atoms with van der Waals surface area (Å²) in [4.78, 5) is 6.92. The van der Waals surface area contributed by atoms with Crippen molar-refractivity contribution in [1.29, 1.82) is 0 Å². The number of morpholine rings is 1. The van der Waals surface area contributed by atoms with E-state index in [9.17, 15) is 5.11 Å². The molecule has 1 saturated heterocycles. The summed E-state index contributed by atoms with van der Waals surface area (Å²) in [5.74, 6) is 0. The van der Waals surface area contributed by atoms with E-state index < -0.39 is 0 Å². The van der Waals surface area contributed by atoms with Crippen molar-refractivity contribution >= 4 is 10.9 Å². The molecule has 1 aliphatic rings. The van der Waals surface area contributed by atoms with Crippen LogP contribution in [0.1, 0.15) is 11.3 Å². The number of aliphatic hydroxyl groups excluding tert-OH is 1. The zero-order chi connectivity index (χ0) is 13.9. The van der Waals surface area contributed by atoms with Crippen LogP contribution < -0.4 is 0 Å². The van der Waals surface area contributed by atoms with Crippen LogP contribution in [0.2, 0.25) is 0 Å². The molecular formula is C16H20N2O2. The Balaban J connectivity index is 1.86. The number of benzene rings is 1. The first-order chi connectivity index (χ1) is 9.76. The lowest BCUT2D eigenvalue weighted by Crippen LogP contribution is -2.43. The van der Waals surface area contributed by atoms with Gasteiger partial charge in [-0.1, -0.05) is 18.2 Å². The largest absolute Gasteiger partial charge is 0.394 e. The monoisotopic (exact) mass is 272 g/mol. The summed E-state index contributed by atoms with van der Waals surface area (Å²) < 4.78 is 5.50. The van der Waals surface area contributed by atoms with Crippen LogP contribution in [0.4, 0.5) is 0 Å². The van der Waals surface area contributed by atoms with Crippen molar-refractivity contribution in [3.8, 4) is 0 Å². The molecule has 1 aromatic carbocycles. The third-order valence-corrected chi connectivity index (χ3v) is 3.75. The average molecular weight is 272 g/mol. The molecule has 1 fully saturated rings. The van der Waals surface area contributed by atoms with E-state index in [-0.39, 0.29) is 12.7 Å². The van der Waals surface area contributed by atoms with Gasteiger partial charge in [0, 0.05) is 30.7 Å². The fraction of sp³-hybridized carbons (Fsp3) is 0.438. The van der Waals surface area contributed by atoms with Gasteiger partial charge < -0.3 is 9.84 Å². The number of para-hydroxylation sites is 1. The summed E-state index contributed by atoms with van der Waals surface area (Å²) in [7, 11) is 0. The Bertz CT molecular complexity index is 600. The van der Waals surface area contributed by atoms with E-state index in [4.69, 9.17) is 4.74 Å². The van der Waals surface area contributed by atoms with Gasteiger partial charge in [0.15, 0.2) is 0 Å². The van der Waals surface area contributed by atoms with Gasteiger partial charge in [-0.25, -0.2) is 0 Å². The number of aromatic nitrogens is 1. The highest BCUT2D eigenvalue weighted by molar-refractivity contribution is 5.82. The summed E-state index contributed by atoms with van der Waals surface area (Å²) in [6.45, 7) is 5.38. The van der Waals surface area contributed by atoms with Crippen LogP contribution in [-0.2, 0) is 11.3 Å². The number of aryl methyl sites for hydroxylation is 1. The maximum Gasteiger partial charge on any atom is 0.0933 e. The highest BCUT2D eigenvalue weighted by atomic mass is 16.5. The number of pyridine rings is 1. The van der Waals surface area contributed by atoms with Crippen molar-refractivity contribution in [2.75, 3.05) is 26.3 Å². The van der Waals surface area contributed by atoms with Gasteiger partial charge >= 0.3 is 0 Å². The lowest BCUT2D eigenvalue weighted by Gasteiger charge is -2.32. The number of fused-ring (bicyclic) bond motifs is 1. The molecule has 2 aromatic rings. The first-order valence-corrected chi connectivity index (χ1v) is 7.06. The van der Waals surface area contributed by atoms with Gasteiger partial charge in [-0.3, -0.25) is 9.88 Å². The van der Waals surface area contributed by atoms with Gasteiger partial charge in [0.05, 0.1) is 24.8 Å². The third kappa shape index (κ3) is 2.82. The van der Waals surface area contributed by atoms with Gasteiger partial charge in [0.1, 0.15) is 0 Å². The molecular weight excluding hydrogens is 252 g/mol. The predicted molar refractivity (Wildman–Crippen MR) is 78.6 cm³/mol. The summed E-state index contributed by atoms with van der Waals surface area (Å²) in [5, 5.41) is 10.4. The fourth-order valence-corrected chi connectivity index (χ4v) is 2.80. The van der Waals surface area contributed by atoms with E-state index in [0.717, 1.165) is 30.8 Å². The van der Waals surface area contributed by atoms with Gasteiger partial charge in [0.25, 0.3) is 0 Å². The smallest absolute Gasteiger partial charge is 0.0933 e. The van der Waals surface area contributed by atoms with Crippen molar-refractivity contribution < 1.29 is 9.84 Å². The van der Waals surface area contributed by atoms with Crippen LogP contribution in [0.25, 0.3) is 10.9 Å². The second kappa shape index (κ2) is 5.87. The van der Waals surface area contributed by atoms with E-state index in [0.29, 0.717) is 6.61 Å². The molecule has 1 unspecified atom stereocenters.